The summed E-state index contributed by atoms with van der Waals surface area (Å²) < 4.78 is 67.7. The first-order chi connectivity index (χ1) is 20.3. The Labute approximate surface area is 248 Å². The molecule has 0 aliphatic carbocycles. The van der Waals surface area contributed by atoms with Crippen LogP contribution in [0.25, 0.3) is 22.4 Å². The van der Waals surface area contributed by atoms with Gasteiger partial charge in [0.25, 0.3) is 5.91 Å². The van der Waals surface area contributed by atoms with Gasteiger partial charge >= 0.3 is 18.0 Å². The molecule has 2 aromatic heterocycles. The van der Waals surface area contributed by atoms with Crippen molar-refractivity contribution in [3.8, 4) is 11.3 Å². The number of carbonyl (C=O) groups is 2. The molecule has 1 unspecified atom stereocenters. The fourth-order valence-corrected chi connectivity index (χ4v) is 4.24. The zero-order valence-electron chi connectivity index (χ0n) is 24.4. The molecular formula is C30H30F4N4O6. The van der Waals surface area contributed by atoms with Crippen LogP contribution in [-0.4, -0.2) is 45.4 Å². The van der Waals surface area contributed by atoms with E-state index in [2.05, 4.69) is 20.6 Å². The number of alkyl halides is 3. The number of hydrogen-bond donors (Lipinski definition) is 4. The Hall–Kier alpha value is -4.72. The number of aromatic nitrogens is 2. The lowest BCUT2D eigenvalue weighted by molar-refractivity contribution is -0.265. The van der Waals surface area contributed by atoms with Gasteiger partial charge in [-0.25, -0.2) is 19.0 Å². The van der Waals surface area contributed by atoms with Crippen molar-refractivity contribution in [1.82, 2.24) is 20.6 Å². The molecule has 2 heterocycles. The lowest BCUT2D eigenvalue weighted by atomic mass is 9.88. The standard InChI is InChI=1S/C30H30F4N4O6/c1-27(2,3)44-26(41)38-28(4,5)18-13-20(16-6-9-19(31)10-7-16)36-23(14-18)29(42,30(32,33)34)15-35-24(39)17-8-11-22-21(12-17)37-25(40)43-22/h6-14,42H,15H2,1-5H3,(H,35,39)(H,37,40)(H,38,41). The number of H-pyrrole nitrogens is 1. The van der Waals surface area contributed by atoms with Crippen LogP contribution in [0.4, 0.5) is 22.4 Å². The molecule has 0 bridgehead atoms. The van der Waals surface area contributed by atoms with E-state index in [9.17, 15) is 37.1 Å². The van der Waals surface area contributed by atoms with Crippen LogP contribution >= 0.6 is 0 Å². The summed E-state index contributed by atoms with van der Waals surface area (Å²) in [6, 6.07) is 10.9. The van der Waals surface area contributed by atoms with Gasteiger partial charge in [-0.1, -0.05) is 0 Å². The molecule has 4 N–H and O–H groups in total. The highest BCUT2D eigenvalue weighted by molar-refractivity contribution is 5.97. The molecule has 1 atom stereocenters. The maximum atomic E-state index is 14.6. The van der Waals surface area contributed by atoms with Crippen molar-refractivity contribution in [2.24, 2.45) is 0 Å². The first kappa shape index (κ1) is 32.2. The molecule has 234 valence electrons. The van der Waals surface area contributed by atoms with E-state index in [-0.39, 0.29) is 33.5 Å². The molecule has 0 radical (unpaired) electrons. The van der Waals surface area contributed by atoms with Crippen LogP contribution in [0.15, 0.2) is 63.8 Å². The first-order valence-corrected chi connectivity index (χ1v) is 13.3. The van der Waals surface area contributed by atoms with Gasteiger partial charge in [0.15, 0.2) is 5.58 Å². The Balaban J connectivity index is 1.76. The Morgan fingerprint density at radius 1 is 1.00 bits per heavy atom. The van der Waals surface area contributed by atoms with Crippen LogP contribution in [0.2, 0.25) is 0 Å². The third-order valence-electron chi connectivity index (χ3n) is 6.58. The molecule has 0 aliphatic rings. The fraction of sp³-hybridized carbons (Fsp3) is 0.333. The number of amides is 2. The number of fused-ring (bicyclic) bond motifs is 1. The van der Waals surface area contributed by atoms with Gasteiger partial charge in [0.05, 0.1) is 29.0 Å². The van der Waals surface area contributed by atoms with Crippen molar-refractivity contribution in [3.05, 3.63) is 87.8 Å². The van der Waals surface area contributed by atoms with E-state index in [4.69, 9.17) is 9.15 Å². The van der Waals surface area contributed by atoms with Crippen LogP contribution in [-0.2, 0) is 15.9 Å². The normalized spacial score (nSPS) is 13.8. The summed E-state index contributed by atoms with van der Waals surface area (Å²) in [5.74, 6) is -2.36. The number of nitrogens with one attached hydrogen (secondary N) is 3. The molecule has 10 nitrogen and oxygen atoms in total. The quantitative estimate of drug-likeness (QED) is 0.207. The van der Waals surface area contributed by atoms with E-state index >= 15 is 0 Å². The van der Waals surface area contributed by atoms with Gasteiger partial charge in [0, 0.05) is 11.1 Å². The van der Waals surface area contributed by atoms with Crippen molar-refractivity contribution in [2.75, 3.05) is 6.54 Å². The minimum Gasteiger partial charge on any atom is -0.444 e. The molecule has 0 aliphatic heterocycles. The van der Waals surface area contributed by atoms with Crippen LogP contribution in [0.3, 0.4) is 0 Å². The number of oxazole rings is 1. The Morgan fingerprint density at radius 2 is 1.66 bits per heavy atom. The average molecular weight is 619 g/mol. The predicted octanol–water partition coefficient (Wildman–Crippen LogP) is 5.26. The van der Waals surface area contributed by atoms with Crippen molar-refractivity contribution < 1.29 is 41.4 Å². The molecule has 0 fully saturated rings. The van der Waals surface area contributed by atoms with Gasteiger partial charge in [-0.2, -0.15) is 13.2 Å². The molecule has 2 aromatic carbocycles. The third kappa shape index (κ3) is 7.08. The third-order valence-corrected chi connectivity index (χ3v) is 6.58. The Morgan fingerprint density at radius 3 is 2.27 bits per heavy atom. The van der Waals surface area contributed by atoms with Gasteiger partial charge < -0.3 is 24.9 Å². The molecule has 44 heavy (non-hydrogen) atoms. The highest BCUT2D eigenvalue weighted by Crippen LogP contribution is 2.40. The summed E-state index contributed by atoms with van der Waals surface area (Å²) in [5.41, 5.74) is -6.43. The Bertz CT molecular complexity index is 1760. The van der Waals surface area contributed by atoms with Crippen molar-refractivity contribution in [3.63, 3.8) is 0 Å². The second-order valence-electron chi connectivity index (χ2n) is 11.7. The van der Waals surface area contributed by atoms with Crippen LogP contribution in [0.1, 0.15) is 56.2 Å². The average Bonchev–Trinajstić information content (AvgIpc) is 3.28. The first-order valence-electron chi connectivity index (χ1n) is 13.3. The number of rotatable bonds is 7. The van der Waals surface area contributed by atoms with Gasteiger partial charge in [0.1, 0.15) is 11.4 Å². The number of nitrogens with zero attached hydrogens (tertiary/aromatic N) is 1. The lowest BCUT2D eigenvalue weighted by Crippen LogP contribution is -2.52. The van der Waals surface area contributed by atoms with Crippen LogP contribution < -0.4 is 16.4 Å². The molecule has 4 rings (SSSR count). The molecule has 2 amide bonds. The van der Waals surface area contributed by atoms with Crippen LogP contribution in [0, 0.1) is 5.82 Å². The number of halogens is 4. The number of pyridine rings is 1. The van der Waals surface area contributed by atoms with E-state index < -0.39 is 58.7 Å². The van der Waals surface area contributed by atoms with E-state index in [1.54, 1.807) is 20.8 Å². The van der Waals surface area contributed by atoms with Crippen molar-refractivity contribution >= 4 is 23.1 Å². The van der Waals surface area contributed by atoms with Gasteiger partial charge in [-0.15, -0.1) is 0 Å². The predicted molar refractivity (Wildman–Crippen MR) is 151 cm³/mol. The topological polar surface area (TPSA) is 147 Å². The maximum absolute atomic E-state index is 14.6. The summed E-state index contributed by atoms with van der Waals surface area (Å²) in [6.07, 6.45) is -6.20. The zero-order valence-corrected chi connectivity index (χ0v) is 24.4. The van der Waals surface area contributed by atoms with Gasteiger partial charge in [-0.3, -0.25) is 9.78 Å². The molecule has 0 saturated carbocycles. The van der Waals surface area contributed by atoms with E-state index in [1.807, 2.05) is 0 Å². The highest BCUT2D eigenvalue weighted by Gasteiger charge is 2.56. The molecular weight excluding hydrogens is 588 g/mol. The fourth-order valence-electron chi connectivity index (χ4n) is 4.24. The number of benzene rings is 2. The number of ether oxygens (including phenoxy) is 1. The van der Waals surface area contributed by atoms with E-state index in [0.717, 1.165) is 18.2 Å². The maximum Gasteiger partial charge on any atom is 0.424 e. The minimum absolute atomic E-state index is 0.0695. The van der Waals surface area contributed by atoms with Gasteiger partial charge in [0.2, 0.25) is 5.60 Å². The van der Waals surface area contributed by atoms with E-state index in [0.29, 0.717) is 0 Å². The lowest BCUT2D eigenvalue weighted by Gasteiger charge is -2.33. The van der Waals surface area contributed by atoms with Crippen molar-refractivity contribution in [1.29, 1.82) is 0 Å². The summed E-state index contributed by atoms with van der Waals surface area (Å²) in [7, 11) is 0. The molecule has 4 aromatic rings. The number of aromatic amines is 1. The van der Waals surface area contributed by atoms with Crippen LogP contribution in [0.5, 0.6) is 0 Å². The summed E-state index contributed by atoms with van der Waals surface area (Å²) in [5, 5.41) is 15.9. The monoisotopic (exact) mass is 618 g/mol. The van der Waals surface area contributed by atoms with E-state index in [1.165, 1.54) is 50.2 Å². The van der Waals surface area contributed by atoms with Gasteiger partial charge in [-0.05, 0) is 94.8 Å². The number of carbonyl (C=O) groups excluding carboxylic acids is 2. The SMILES string of the molecule is CC(C)(C)OC(=O)NC(C)(C)c1cc(-c2ccc(F)cc2)nc(C(O)(CNC(=O)c2ccc3oc(=O)[nH]c3c2)C(F)(F)F)c1. The molecule has 14 heteroatoms. The Kier molecular flexibility index (Phi) is 8.35. The largest absolute Gasteiger partial charge is 0.444 e. The smallest absolute Gasteiger partial charge is 0.424 e. The summed E-state index contributed by atoms with van der Waals surface area (Å²) in [6.45, 7) is 6.59. The second-order valence-corrected chi connectivity index (χ2v) is 11.7. The molecule has 0 saturated heterocycles. The summed E-state index contributed by atoms with van der Waals surface area (Å²) in [4.78, 5) is 43.3. The number of aliphatic hydroxyl groups is 1. The second kappa shape index (κ2) is 11.4. The number of hydrogen-bond acceptors (Lipinski definition) is 7. The molecule has 0 spiro atoms. The zero-order chi connectivity index (χ0) is 32.7. The summed E-state index contributed by atoms with van der Waals surface area (Å²) >= 11 is 0. The minimum atomic E-state index is -5.35. The van der Waals surface area contributed by atoms with Crippen molar-refractivity contribution in [2.45, 2.75) is 57.5 Å². The number of alkyl carbamates (subject to hydrolysis) is 1. The highest BCUT2D eigenvalue weighted by atomic mass is 19.4.